The summed E-state index contributed by atoms with van der Waals surface area (Å²) in [6.07, 6.45) is 0. The van der Waals surface area contributed by atoms with Gasteiger partial charge in [-0.3, -0.25) is 0 Å². The van der Waals surface area contributed by atoms with Crippen molar-refractivity contribution in [2.75, 3.05) is 0 Å². The fraction of sp³-hybridized carbons (Fsp3) is 0.188. The number of aryl methyl sites for hydroxylation is 2. The van der Waals surface area contributed by atoms with Gasteiger partial charge in [-0.15, -0.1) is 0 Å². The van der Waals surface area contributed by atoms with Crippen molar-refractivity contribution in [2.45, 2.75) is 20.5 Å². The summed E-state index contributed by atoms with van der Waals surface area (Å²) >= 11 is 6.10. The van der Waals surface area contributed by atoms with Crippen LogP contribution in [-0.4, -0.2) is 0 Å². The van der Waals surface area contributed by atoms with Crippen LogP contribution in [0.1, 0.15) is 22.3 Å². The Balaban J connectivity index is 2.10. The van der Waals surface area contributed by atoms with E-state index >= 15 is 0 Å². The molecule has 3 heteroatoms. The zero-order valence-electron chi connectivity index (χ0n) is 10.9. The van der Waals surface area contributed by atoms with Gasteiger partial charge in [-0.05, 0) is 49.2 Å². The van der Waals surface area contributed by atoms with Gasteiger partial charge in [0.15, 0.2) is 0 Å². The minimum Gasteiger partial charge on any atom is -0.489 e. The summed E-state index contributed by atoms with van der Waals surface area (Å²) < 4.78 is 5.71. The van der Waals surface area contributed by atoms with Gasteiger partial charge in [-0.1, -0.05) is 23.7 Å². The smallest absolute Gasteiger partial charge is 0.120 e. The molecule has 0 saturated heterocycles. The lowest BCUT2D eigenvalue weighted by atomic mass is 10.1. The number of halogens is 1. The summed E-state index contributed by atoms with van der Waals surface area (Å²) in [6.45, 7) is 4.51. The molecule has 2 aromatic rings. The number of ether oxygens (including phenoxy) is 1. The minimum atomic E-state index is 0.396. The van der Waals surface area contributed by atoms with Crippen molar-refractivity contribution in [1.82, 2.24) is 0 Å². The first-order valence-electron chi connectivity index (χ1n) is 5.99. The highest BCUT2D eigenvalue weighted by atomic mass is 35.5. The summed E-state index contributed by atoms with van der Waals surface area (Å²) in [5.74, 6) is 0.823. The second kappa shape index (κ2) is 5.77. The molecule has 2 nitrogen and oxygen atoms in total. The van der Waals surface area contributed by atoms with Crippen molar-refractivity contribution in [3.05, 3.63) is 63.7 Å². The lowest BCUT2D eigenvalue weighted by Crippen LogP contribution is -1.97. The first-order chi connectivity index (χ1) is 9.10. The molecule has 19 heavy (non-hydrogen) atoms. The molecule has 0 aromatic heterocycles. The highest BCUT2D eigenvalue weighted by Gasteiger charge is 2.04. The first-order valence-corrected chi connectivity index (χ1v) is 6.36. The molecular formula is C16H14ClNO. The van der Waals surface area contributed by atoms with Gasteiger partial charge in [0.1, 0.15) is 12.4 Å². The highest BCUT2D eigenvalue weighted by molar-refractivity contribution is 6.31. The molecule has 0 aliphatic heterocycles. The normalized spacial score (nSPS) is 10.0. The molecule has 0 aliphatic rings. The van der Waals surface area contributed by atoms with E-state index in [4.69, 9.17) is 21.6 Å². The molecule has 0 heterocycles. The standard InChI is InChI=1S/C16H14ClNO/c1-11-3-6-15(7-12(11)2)19-10-14-5-4-13(9-18)8-16(14)17/h3-8H,10H2,1-2H3. The summed E-state index contributed by atoms with van der Waals surface area (Å²) in [4.78, 5) is 0. The molecule has 0 aliphatic carbocycles. The van der Waals surface area contributed by atoms with Crippen molar-refractivity contribution in [2.24, 2.45) is 0 Å². The quantitative estimate of drug-likeness (QED) is 0.828. The second-order valence-electron chi connectivity index (χ2n) is 4.45. The summed E-state index contributed by atoms with van der Waals surface area (Å²) in [5, 5.41) is 9.34. The molecule has 96 valence electrons. The van der Waals surface area contributed by atoms with Gasteiger partial charge >= 0.3 is 0 Å². The molecule has 0 saturated carbocycles. The summed E-state index contributed by atoms with van der Waals surface area (Å²) in [5.41, 5.74) is 3.87. The average Bonchev–Trinajstić information content (AvgIpc) is 2.41. The topological polar surface area (TPSA) is 33.0 Å². The molecular weight excluding hydrogens is 258 g/mol. The third-order valence-corrected chi connectivity index (χ3v) is 3.41. The van der Waals surface area contributed by atoms with Crippen LogP contribution >= 0.6 is 11.6 Å². The van der Waals surface area contributed by atoms with Crippen molar-refractivity contribution in [1.29, 1.82) is 5.26 Å². The van der Waals surface area contributed by atoms with Gasteiger partial charge in [0, 0.05) is 10.6 Å². The second-order valence-corrected chi connectivity index (χ2v) is 4.86. The number of benzene rings is 2. The van der Waals surface area contributed by atoms with Gasteiger partial charge in [0.05, 0.1) is 11.6 Å². The number of hydrogen-bond donors (Lipinski definition) is 0. The molecule has 0 amide bonds. The first kappa shape index (κ1) is 13.5. The van der Waals surface area contributed by atoms with Crippen LogP contribution in [0.25, 0.3) is 0 Å². The SMILES string of the molecule is Cc1ccc(OCc2ccc(C#N)cc2Cl)cc1C. The fourth-order valence-electron chi connectivity index (χ4n) is 1.70. The molecule has 0 spiro atoms. The van der Waals surface area contributed by atoms with E-state index in [9.17, 15) is 0 Å². The maximum absolute atomic E-state index is 8.78. The van der Waals surface area contributed by atoms with E-state index in [1.807, 2.05) is 24.3 Å². The predicted octanol–water partition coefficient (Wildman–Crippen LogP) is 4.41. The monoisotopic (exact) mass is 271 g/mol. The lowest BCUT2D eigenvalue weighted by molar-refractivity contribution is 0.306. The Labute approximate surface area is 118 Å². The summed E-state index contributed by atoms with van der Waals surface area (Å²) in [6, 6.07) is 13.3. The van der Waals surface area contributed by atoms with Crippen molar-refractivity contribution in [3.63, 3.8) is 0 Å². The molecule has 0 N–H and O–H groups in total. The Bertz CT molecular complexity index is 644. The molecule has 2 aromatic carbocycles. The van der Waals surface area contributed by atoms with E-state index in [1.165, 1.54) is 11.1 Å². The van der Waals surface area contributed by atoms with E-state index < -0.39 is 0 Å². The van der Waals surface area contributed by atoms with Gasteiger partial charge < -0.3 is 4.74 Å². The van der Waals surface area contributed by atoms with Gasteiger partial charge in [0.25, 0.3) is 0 Å². The molecule has 0 atom stereocenters. The van der Waals surface area contributed by atoms with Crippen LogP contribution in [0.5, 0.6) is 5.75 Å². The average molecular weight is 272 g/mol. The highest BCUT2D eigenvalue weighted by Crippen LogP contribution is 2.21. The number of nitrogens with zero attached hydrogens (tertiary/aromatic N) is 1. The Hall–Kier alpha value is -1.98. The van der Waals surface area contributed by atoms with Crippen LogP contribution in [0, 0.1) is 25.2 Å². The van der Waals surface area contributed by atoms with Crippen LogP contribution in [0.4, 0.5) is 0 Å². The Morgan fingerprint density at radius 2 is 1.89 bits per heavy atom. The molecule has 0 bridgehead atoms. The van der Waals surface area contributed by atoms with Crippen molar-refractivity contribution < 1.29 is 4.74 Å². The van der Waals surface area contributed by atoms with E-state index in [0.717, 1.165) is 11.3 Å². The van der Waals surface area contributed by atoms with Gasteiger partial charge in [-0.25, -0.2) is 0 Å². The third kappa shape index (κ3) is 3.27. The minimum absolute atomic E-state index is 0.396. The van der Waals surface area contributed by atoms with Crippen LogP contribution < -0.4 is 4.74 Å². The molecule has 2 rings (SSSR count). The van der Waals surface area contributed by atoms with Crippen LogP contribution in [0.3, 0.4) is 0 Å². The van der Waals surface area contributed by atoms with E-state index in [0.29, 0.717) is 17.2 Å². The summed E-state index contributed by atoms with van der Waals surface area (Å²) in [7, 11) is 0. The maximum Gasteiger partial charge on any atom is 0.120 e. The Morgan fingerprint density at radius 3 is 2.53 bits per heavy atom. The Morgan fingerprint density at radius 1 is 1.11 bits per heavy atom. The number of rotatable bonds is 3. The van der Waals surface area contributed by atoms with Crippen LogP contribution in [-0.2, 0) is 6.61 Å². The van der Waals surface area contributed by atoms with Crippen molar-refractivity contribution >= 4 is 11.6 Å². The van der Waals surface area contributed by atoms with Crippen LogP contribution in [0.15, 0.2) is 36.4 Å². The molecule has 0 fully saturated rings. The maximum atomic E-state index is 8.78. The third-order valence-electron chi connectivity index (χ3n) is 3.05. The van der Waals surface area contributed by atoms with Crippen molar-refractivity contribution in [3.8, 4) is 11.8 Å². The molecule has 0 radical (unpaired) electrons. The zero-order chi connectivity index (χ0) is 13.8. The fourth-order valence-corrected chi connectivity index (χ4v) is 1.93. The molecule has 0 unspecified atom stereocenters. The zero-order valence-corrected chi connectivity index (χ0v) is 11.7. The lowest BCUT2D eigenvalue weighted by Gasteiger charge is -2.09. The van der Waals surface area contributed by atoms with Gasteiger partial charge in [-0.2, -0.15) is 5.26 Å². The number of hydrogen-bond acceptors (Lipinski definition) is 2. The predicted molar refractivity (Wildman–Crippen MR) is 76.4 cm³/mol. The van der Waals surface area contributed by atoms with E-state index in [1.54, 1.807) is 12.1 Å². The number of nitriles is 1. The van der Waals surface area contributed by atoms with E-state index in [2.05, 4.69) is 19.9 Å². The van der Waals surface area contributed by atoms with E-state index in [-0.39, 0.29) is 0 Å². The largest absolute Gasteiger partial charge is 0.489 e. The van der Waals surface area contributed by atoms with Gasteiger partial charge in [0.2, 0.25) is 0 Å². The Kier molecular flexibility index (Phi) is 4.09. The van der Waals surface area contributed by atoms with Crippen LogP contribution in [0.2, 0.25) is 5.02 Å².